The fraction of sp³-hybridized carbons (Fsp3) is 0.100. The van der Waals surface area contributed by atoms with Crippen LogP contribution in [0.2, 0.25) is 10.0 Å². The number of aromatic nitrogens is 1. The van der Waals surface area contributed by atoms with Crippen LogP contribution in [0.25, 0.3) is 10.6 Å². The van der Waals surface area contributed by atoms with Crippen LogP contribution in [-0.2, 0) is 11.7 Å². The van der Waals surface area contributed by atoms with Crippen molar-refractivity contribution in [3.63, 3.8) is 0 Å². The van der Waals surface area contributed by atoms with Crippen LogP contribution in [0, 0.1) is 0 Å². The second kappa shape index (κ2) is 4.49. The summed E-state index contributed by atoms with van der Waals surface area (Å²) in [4.78, 5) is 4.17. The minimum Gasteiger partial charge on any atom is -0.239 e. The van der Waals surface area contributed by atoms with Gasteiger partial charge in [-0.25, -0.2) is 10.1 Å². The van der Waals surface area contributed by atoms with Crippen molar-refractivity contribution in [1.29, 1.82) is 0 Å². The van der Waals surface area contributed by atoms with Gasteiger partial charge in [0.05, 0.1) is 5.69 Å². The zero-order chi connectivity index (χ0) is 10.8. The van der Waals surface area contributed by atoms with Crippen molar-refractivity contribution in [3.8, 4) is 10.6 Å². The Kier molecular flexibility index (Phi) is 3.26. The number of hydrogen-bond acceptors (Lipinski definition) is 2. The molecule has 0 unspecified atom stereocenters. The Morgan fingerprint density at radius 1 is 1.20 bits per heavy atom. The lowest BCUT2D eigenvalue weighted by molar-refractivity contribution is 0.174. The molecule has 1 heterocycles. The molecule has 2 aromatic rings. The van der Waals surface area contributed by atoms with Crippen LogP contribution in [0.5, 0.6) is 0 Å². The minimum absolute atomic E-state index is 0.301. The molecule has 0 amide bonds. The SMILES string of the molecule is [O]Cc1csc(-c2cc(Cl)cc(Cl)c2)n1. The van der Waals surface area contributed by atoms with E-state index in [4.69, 9.17) is 23.2 Å². The lowest BCUT2D eigenvalue weighted by Gasteiger charge is -1.98. The Bertz CT molecular complexity index is 464. The highest BCUT2D eigenvalue weighted by atomic mass is 35.5. The van der Waals surface area contributed by atoms with Crippen LogP contribution >= 0.6 is 34.5 Å². The van der Waals surface area contributed by atoms with Gasteiger partial charge in [0.2, 0.25) is 0 Å². The van der Waals surface area contributed by atoms with Crippen molar-refractivity contribution in [2.24, 2.45) is 0 Å². The summed E-state index contributed by atoms with van der Waals surface area (Å²) in [5.74, 6) is 0. The van der Waals surface area contributed by atoms with Gasteiger partial charge in [-0.3, -0.25) is 0 Å². The summed E-state index contributed by atoms with van der Waals surface area (Å²) < 4.78 is 0. The van der Waals surface area contributed by atoms with Gasteiger partial charge in [0.25, 0.3) is 0 Å². The number of thiazole rings is 1. The van der Waals surface area contributed by atoms with E-state index in [1.54, 1.807) is 23.6 Å². The highest BCUT2D eigenvalue weighted by molar-refractivity contribution is 7.13. The standard InChI is InChI=1S/C10H6Cl2NOS/c11-7-1-6(2-8(12)3-7)10-13-9(4-14)5-15-10/h1-3,5H,4H2. The fourth-order valence-corrected chi connectivity index (χ4v) is 2.50. The molecule has 0 spiro atoms. The second-order valence-electron chi connectivity index (χ2n) is 2.95. The molecule has 15 heavy (non-hydrogen) atoms. The van der Waals surface area contributed by atoms with E-state index in [0.29, 0.717) is 15.7 Å². The zero-order valence-corrected chi connectivity index (χ0v) is 9.86. The highest BCUT2D eigenvalue weighted by Gasteiger charge is 2.06. The van der Waals surface area contributed by atoms with E-state index in [-0.39, 0.29) is 6.61 Å². The van der Waals surface area contributed by atoms with Crippen LogP contribution in [0.4, 0.5) is 0 Å². The van der Waals surface area contributed by atoms with Gasteiger partial charge in [0.1, 0.15) is 11.6 Å². The van der Waals surface area contributed by atoms with Gasteiger partial charge in [0, 0.05) is 21.0 Å². The first-order valence-corrected chi connectivity index (χ1v) is 5.81. The molecule has 1 aromatic heterocycles. The molecular formula is C10H6Cl2NOS. The average molecular weight is 259 g/mol. The van der Waals surface area contributed by atoms with Crippen LogP contribution in [0.3, 0.4) is 0 Å². The van der Waals surface area contributed by atoms with Gasteiger partial charge in [-0.15, -0.1) is 11.3 Å². The smallest absolute Gasteiger partial charge is 0.125 e. The average Bonchev–Trinajstić information content (AvgIpc) is 2.64. The molecule has 0 N–H and O–H groups in total. The summed E-state index contributed by atoms with van der Waals surface area (Å²) in [7, 11) is 0. The molecule has 0 aliphatic heterocycles. The van der Waals surface area contributed by atoms with Crippen molar-refractivity contribution in [2.45, 2.75) is 6.61 Å². The van der Waals surface area contributed by atoms with E-state index in [9.17, 15) is 5.11 Å². The Hall–Kier alpha value is -0.610. The summed E-state index contributed by atoms with van der Waals surface area (Å²) in [6, 6.07) is 5.22. The predicted molar refractivity (Wildman–Crippen MR) is 62.0 cm³/mol. The van der Waals surface area contributed by atoms with Crippen molar-refractivity contribution in [2.75, 3.05) is 0 Å². The first kappa shape index (κ1) is 10.9. The molecule has 77 valence electrons. The summed E-state index contributed by atoms with van der Waals surface area (Å²) in [5.41, 5.74) is 1.39. The fourth-order valence-electron chi connectivity index (χ4n) is 1.18. The topological polar surface area (TPSA) is 32.8 Å². The normalized spacial score (nSPS) is 10.6. The lowest BCUT2D eigenvalue weighted by atomic mass is 10.2. The zero-order valence-electron chi connectivity index (χ0n) is 7.54. The molecule has 0 saturated carbocycles. The first-order valence-electron chi connectivity index (χ1n) is 4.18. The van der Waals surface area contributed by atoms with Crippen molar-refractivity contribution in [3.05, 3.63) is 39.3 Å². The number of hydrogen-bond donors (Lipinski definition) is 0. The van der Waals surface area contributed by atoms with Crippen LogP contribution in [-0.4, -0.2) is 4.98 Å². The molecule has 5 heteroatoms. The maximum atomic E-state index is 10.6. The van der Waals surface area contributed by atoms with Crippen molar-refractivity contribution >= 4 is 34.5 Å². The monoisotopic (exact) mass is 258 g/mol. The maximum Gasteiger partial charge on any atom is 0.125 e. The van der Waals surface area contributed by atoms with Gasteiger partial charge < -0.3 is 0 Å². The molecular weight excluding hydrogens is 253 g/mol. The number of halogens is 2. The van der Waals surface area contributed by atoms with Crippen molar-refractivity contribution < 1.29 is 5.11 Å². The molecule has 0 saturated heterocycles. The van der Waals surface area contributed by atoms with Gasteiger partial charge in [-0.05, 0) is 18.2 Å². The lowest BCUT2D eigenvalue weighted by Crippen LogP contribution is -1.81. The molecule has 0 atom stereocenters. The molecule has 1 radical (unpaired) electrons. The van der Waals surface area contributed by atoms with Crippen LogP contribution < -0.4 is 0 Å². The third-order valence-electron chi connectivity index (χ3n) is 1.81. The van der Waals surface area contributed by atoms with Gasteiger partial charge in [-0.1, -0.05) is 23.2 Å². The van der Waals surface area contributed by atoms with Gasteiger partial charge >= 0.3 is 0 Å². The highest BCUT2D eigenvalue weighted by Crippen LogP contribution is 2.29. The summed E-state index contributed by atoms with van der Waals surface area (Å²) in [6.45, 7) is -0.301. The molecule has 0 bridgehead atoms. The number of rotatable bonds is 2. The quantitative estimate of drug-likeness (QED) is 0.800. The van der Waals surface area contributed by atoms with Crippen LogP contribution in [0.15, 0.2) is 23.6 Å². The Morgan fingerprint density at radius 2 is 1.87 bits per heavy atom. The molecule has 0 aliphatic rings. The summed E-state index contributed by atoms with van der Waals surface area (Å²) in [5, 5.41) is 14.3. The third-order valence-corrected chi connectivity index (χ3v) is 3.19. The molecule has 0 fully saturated rings. The minimum atomic E-state index is -0.301. The van der Waals surface area contributed by atoms with E-state index >= 15 is 0 Å². The van der Waals surface area contributed by atoms with Crippen LogP contribution in [0.1, 0.15) is 5.69 Å². The maximum absolute atomic E-state index is 10.6. The summed E-state index contributed by atoms with van der Waals surface area (Å²) >= 11 is 13.2. The summed E-state index contributed by atoms with van der Waals surface area (Å²) in [6.07, 6.45) is 0. The second-order valence-corrected chi connectivity index (χ2v) is 4.68. The van der Waals surface area contributed by atoms with E-state index in [1.165, 1.54) is 11.3 Å². The predicted octanol–water partition coefficient (Wildman–Crippen LogP) is 4.05. The van der Waals surface area contributed by atoms with E-state index in [2.05, 4.69) is 4.98 Å². The van der Waals surface area contributed by atoms with E-state index in [1.807, 2.05) is 0 Å². The third kappa shape index (κ3) is 2.49. The Morgan fingerprint density at radius 3 is 2.40 bits per heavy atom. The van der Waals surface area contributed by atoms with Gasteiger partial charge in [0.15, 0.2) is 0 Å². The van der Waals surface area contributed by atoms with E-state index in [0.717, 1.165) is 10.6 Å². The molecule has 2 rings (SSSR count). The number of benzene rings is 1. The Balaban J connectivity index is 2.44. The van der Waals surface area contributed by atoms with Gasteiger partial charge in [-0.2, -0.15) is 0 Å². The van der Waals surface area contributed by atoms with E-state index < -0.39 is 0 Å². The van der Waals surface area contributed by atoms with Crippen molar-refractivity contribution in [1.82, 2.24) is 4.98 Å². The largest absolute Gasteiger partial charge is 0.239 e. The molecule has 1 aromatic carbocycles. The Labute approximate surface area is 101 Å². The first-order chi connectivity index (χ1) is 7.19. The molecule has 2 nitrogen and oxygen atoms in total. The number of nitrogens with zero attached hydrogens (tertiary/aromatic N) is 1. The molecule has 0 aliphatic carbocycles.